The van der Waals surface area contributed by atoms with E-state index >= 15 is 0 Å². The molecule has 1 amide bonds. The van der Waals surface area contributed by atoms with Crippen molar-refractivity contribution < 1.29 is 28.2 Å². The van der Waals surface area contributed by atoms with Gasteiger partial charge >= 0.3 is 0 Å². The molecule has 3 heterocycles. The molecule has 4 aromatic rings. The number of methoxy groups -OCH3 is 1. The molecule has 9 heteroatoms. The number of likely N-dealkylation sites (tertiary alicyclic amines) is 1. The first kappa shape index (κ1) is 26.5. The molecular formula is C30H27FN2O5S. The Bertz CT molecular complexity index is 1560. The van der Waals surface area contributed by atoms with E-state index in [9.17, 15) is 18.8 Å². The molecule has 200 valence electrons. The van der Waals surface area contributed by atoms with E-state index in [2.05, 4.69) is 11.9 Å². The lowest BCUT2D eigenvalue weighted by atomic mass is 10.0. The molecule has 0 bridgehead atoms. The summed E-state index contributed by atoms with van der Waals surface area (Å²) in [7, 11) is 1.53. The third-order valence-electron chi connectivity index (χ3n) is 6.53. The third kappa shape index (κ3) is 5.98. The summed E-state index contributed by atoms with van der Waals surface area (Å²) in [5, 5.41) is 0. The highest BCUT2D eigenvalue weighted by molar-refractivity contribution is 7.21. The van der Waals surface area contributed by atoms with Gasteiger partial charge in [0, 0.05) is 43.8 Å². The molecular weight excluding hydrogens is 519 g/mol. The number of aromatic nitrogens is 1. The Morgan fingerprint density at radius 2 is 1.77 bits per heavy atom. The van der Waals surface area contributed by atoms with Crippen molar-refractivity contribution in [1.29, 1.82) is 0 Å². The molecule has 0 saturated carbocycles. The molecule has 0 atom stereocenters. The molecule has 7 nitrogen and oxygen atoms in total. The zero-order chi connectivity index (χ0) is 27.5. The molecule has 1 fully saturated rings. The van der Waals surface area contributed by atoms with Crippen LogP contribution >= 0.6 is 11.3 Å². The first-order chi connectivity index (χ1) is 18.8. The number of hydrogen-bond donors (Lipinski definition) is 0. The average molecular weight is 547 g/mol. The third-order valence-corrected chi connectivity index (χ3v) is 7.66. The Hall–Kier alpha value is -4.11. The molecule has 2 aromatic heterocycles. The van der Waals surface area contributed by atoms with E-state index in [0.29, 0.717) is 43.6 Å². The van der Waals surface area contributed by atoms with Crippen LogP contribution in [0.1, 0.15) is 34.1 Å². The van der Waals surface area contributed by atoms with Gasteiger partial charge in [0.15, 0.2) is 11.6 Å². The fraction of sp³-hybridized carbons (Fsp3) is 0.267. The maximum atomic E-state index is 15.0. The van der Waals surface area contributed by atoms with E-state index in [1.807, 2.05) is 6.07 Å². The predicted molar refractivity (Wildman–Crippen MR) is 146 cm³/mol. The molecule has 1 aliphatic heterocycles. The summed E-state index contributed by atoms with van der Waals surface area (Å²) in [6.45, 7) is 3.57. The minimum Gasteiger partial charge on any atom is -0.496 e. The molecule has 1 saturated heterocycles. The van der Waals surface area contributed by atoms with Crippen LogP contribution in [-0.4, -0.2) is 47.6 Å². The number of carbonyl (C=O) groups is 3. The number of fused-ring (bicyclic) bond motifs is 1. The number of para-hydroxylation sites is 1. The van der Waals surface area contributed by atoms with Gasteiger partial charge in [0.1, 0.15) is 23.1 Å². The number of pyridine rings is 1. The minimum absolute atomic E-state index is 0.0104. The molecule has 2 aromatic carbocycles. The van der Waals surface area contributed by atoms with E-state index in [0.717, 1.165) is 13.1 Å². The summed E-state index contributed by atoms with van der Waals surface area (Å²) in [6.07, 6.45) is 1.32. The topological polar surface area (TPSA) is 85.8 Å². The number of amides is 1. The van der Waals surface area contributed by atoms with Gasteiger partial charge in [-0.05, 0) is 35.7 Å². The van der Waals surface area contributed by atoms with Crippen LogP contribution in [0, 0.1) is 11.7 Å². The summed E-state index contributed by atoms with van der Waals surface area (Å²) in [5.74, 6) is 0.278. The van der Waals surface area contributed by atoms with Gasteiger partial charge in [0.2, 0.25) is 0 Å². The van der Waals surface area contributed by atoms with Crippen LogP contribution in [0.2, 0.25) is 0 Å². The number of halogens is 1. The smallest absolute Gasteiger partial charge is 0.264 e. The quantitative estimate of drug-likeness (QED) is 0.239. The van der Waals surface area contributed by atoms with Crippen LogP contribution in [0.15, 0.2) is 60.8 Å². The SMILES string of the molecule is COc1ccccc1CC(=O)CC(=O)Cc1ccc(Oc2ccnc3cc(C(=O)N4CC(C)C4)sc23)c(F)c1. The van der Waals surface area contributed by atoms with Crippen molar-refractivity contribution in [2.75, 3.05) is 20.2 Å². The normalized spacial score (nSPS) is 13.3. The van der Waals surface area contributed by atoms with Crippen molar-refractivity contribution in [2.45, 2.75) is 26.2 Å². The van der Waals surface area contributed by atoms with E-state index < -0.39 is 5.82 Å². The highest BCUT2D eigenvalue weighted by Crippen LogP contribution is 2.37. The van der Waals surface area contributed by atoms with Crippen LogP contribution < -0.4 is 9.47 Å². The van der Waals surface area contributed by atoms with Gasteiger partial charge in [-0.1, -0.05) is 31.2 Å². The summed E-state index contributed by atoms with van der Waals surface area (Å²) >= 11 is 1.27. The number of ketones is 2. The second-order valence-electron chi connectivity index (χ2n) is 9.74. The van der Waals surface area contributed by atoms with Crippen molar-refractivity contribution in [3.63, 3.8) is 0 Å². The zero-order valence-corrected chi connectivity index (χ0v) is 22.4. The standard InChI is InChI=1S/C30H27FN2O5S/c1-18-16-33(17-18)30(36)28-15-24-29(39-28)27(9-10-32-24)38-26-8-7-19(12-23(26)31)11-21(34)14-22(35)13-20-5-3-4-6-25(20)37-2/h3-10,12,15,18H,11,13-14,16-17H2,1-2H3. The Labute approximate surface area is 229 Å². The van der Waals surface area contributed by atoms with Crippen LogP contribution in [0.4, 0.5) is 4.39 Å². The van der Waals surface area contributed by atoms with Crippen LogP contribution in [-0.2, 0) is 22.4 Å². The number of rotatable bonds is 10. The molecule has 5 rings (SSSR count). The number of thiophene rings is 1. The number of carbonyl (C=O) groups excluding carboxylic acids is 3. The van der Waals surface area contributed by atoms with E-state index in [4.69, 9.17) is 9.47 Å². The number of nitrogens with zero attached hydrogens (tertiary/aromatic N) is 2. The van der Waals surface area contributed by atoms with Gasteiger partial charge in [0.25, 0.3) is 5.91 Å². The van der Waals surface area contributed by atoms with Crippen molar-refractivity contribution in [1.82, 2.24) is 9.88 Å². The van der Waals surface area contributed by atoms with Crippen molar-refractivity contribution in [2.24, 2.45) is 5.92 Å². The minimum atomic E-state index is -0.631. The van der Waals surface area contributed by atoms with Gasteiger partial charge in [-0.3, -0.25) is 19.4 Å². The molecule has 0 aliphatic carbocycles. The van der Waals surface area contributed by atoms with Crippen molar-refractivity contribution in [3.05, 3.63) is 82.6 Å². The maximum Gasteiger partial charge on any atom is 0.264 e. The molecule has 0 radical (unpaired) electrons. The summed E-state index contributed by atoms with van der Waals surface area (Å²) in [6, 6.07) is 14.8. The molecule has 0 spiro atoms. The summed E-state index contributed by atoms with van der Waals surface area (Å²) in [5.41, 5.74) is 1.77. The van der Waals surface area contributed by atoms with Crippen LogP contribution in [0.25, 0.3) is 10.2 Å². The number of benzene rings is 2. The largest absolute Gasteiger partial charge is 0.496 e. The summed E-state index contributed by atoms with van der Waals surface area (Å²) < 4.78 is 26.7. The van der Waals surface area contributed by atoms with E-state index in [1.54, 1.807) is 47.5 Å². The van der Waals surface area contributed by atoms with E-state index in [1.165, 1.54) is 30.6 Å². The van der Waals surface area contributed by atoms with Crippen LogP contribution in [0.5, 0.6) is 17.2 Å². The van der Waals surface area contributed by atoms with Gasteiger partial charge in [-0.25, -0.2) is 4.39 Å². The van der Waals surface area contributed by atoms with E-state index in [-0.39, 0.29) is 42.5 Å². The molecule has 0 unspecified atom stereocenters. The second kappa shape index (κ2) is 11.3. The van der Waals surface area contributed by atoms with Gasteiger partial charge in [-0.2, -0.15) is 0 Å². The lowest BCUT2D eigenvalue weighted by molar-refractivity contribution is -0.126. The lowest BCUT2D eigenvalue weighted by Gasteiger charge is -2.36. The highest BCUT2D eigenvalue weighted by atomic mass is 32.1. The fourth-order valence-electron chi connectivity index (χ4n) is 4.61. The molecule has 1 aliphatic rings. The monoisotopic (exact) mass is 546 g/mol. The van der Waals surface area contributed by atoms with Crippen LogP contribution in [0.3, 0.4) is 0 Å². The lowest BCUT2D eigenvalue weighted by Crippen LogP contribution is -2.48. The second-order valence-corrected chi connectivity index (χ2v) is 10.8. The maximum absolute atomic E-state index is 15.0. The predicted octanol–water partition coefficient (Wildman–Crippen LogP) is 5.64. The highest BCUT2D eigenvalue weighted by Gasteiger charge is 2.29. The molecule has 0 N–H and O–H groups in total. The van der Waals surface area contributed by atoms with Gasteiger partial charge in [-0.15, -0.1) is 11.3 Å². The first-order valence-electron chi connectivity index (χ1n) is 12.6. The number of hydrogen-bond acceptors (Lipinski definition) is 7. The van der Waals surface area contributed by atoms with Gasteiger partial charge in [0.05, 0.1) is 28.6 Å². The summed E-state index contributed by atoms with van der Waals surface area (Å²) in [4.78, 5) is 44.4. The number of Topliss-reactive ketones (excluding diaryl/α,β-unsaturated/α-hetero) is 2. The Kier molecular flexibility index (Phi) is 7.70. The number of ether oxygens (including phenoxy) is 2. The van der Waals surface area contributed by atoms with Crippen molar-refractivity contribution in [3.8, 4) is 17.2 Å². The average Bonchev–Trinajstić information content (AvgIpc) is 3.33. The fourth-order valence-corrected chi connectivity index (χ4v) is 5.64. The molecule has 39 heavy (non-hydrogen) atoms. The zero-order valence-electron chi connectivity index (χ0n) is 21.6. The van der Waals surface area contributed by atoms with Crippen molar-refractivity contribution >= 4 is 39.0 Å². The van der Waals surface area contributed by atoms with Gasteiger partial charge < -0.3 is 14.4 Å². The Morgan fingerprint density at radius 1 is 1.00 bits per heavy atom. The Morgan fingerprint density at radius 3 is 2.51 bits per heavy atom. The first-order valence-corrected chi connectivity index (χ1v) is 13.4. The Balaban J connectivity index is 1.23.